The van der Waals surface area contributed by atoms with Gasteiger partial charge in [-0.15, -0.1) is 0 Å². The van der Waals surface area contributed by atoms with E-state index in [2.05, 4.69) is 37.5 Å². The molecule has 1 aliphatic rings. The number of carbonyl (C=O) groups excluding carboxylic acids is 2. The van der Waals surface area contributed by atoms with Gasteiger partial charge in [-0.25, -0.2) is 4.79 Å². The Morgan fingerprint density at radius 3 is 2.70 bits per heavy atom. The van der Waals surface area contributed by atoms with E-state index >= 15 is 0 Å². The maximum atomic E-state index is 12.7. The van der Waals surface area contributed by atoms with E-state index in [1.54, 1.807) is 18.2 Å². The summed E-state index contributed by atoms with van der Waals surface area (Å²) < 4.78 is 35.5. The van der Waals surface area contributed by atoms with Gasteiger partial charge in [0, 0.05) is 36.2 Å². The first-order valence-electron chi connectivity index (χ1n) is 16.1. The summed E-state index contributed by atoms with van der Waals surface area (Å²) >= 11 is 0. The number of hydrogen-bond donors (Lipinski definition) is 4. The lowest BCUT2D eigenvalue weighted by Crippen LogP contribution is -2.31. The zero-order valence-electron chi connectivity index (χ0n) is 28.6. The molecule has 2 aromatic rings. The summed E-state index contributed by atoms with van der Waals surface area (Å²) in [7, 11) is 0. The smallest absolute Gasteiger partial charge is 0.351 e. The van der Waals surface area contributed by atoms with E-state index in [0.29, 0.717) is 30.8 Å². The van der Waals surface area contributed by atoms with Crippen molar-refractivity contribution in [1.82, 2.24) is 20.2 Å². The molecule has 272 valence electrons. The molecular formula is C32H45N9O9. The quantitative estimate of drug-likeness (QED) is 0.0531. The lowest BCUT2D eigenvalue weighted by atomic mass is 10.2. The van der Waals surface area contributed by atoms with Gasteiger partial charge in [0.2, 0.25) is 5.91 Å². The highest BCUT2D eigenvalue weighted by Gasteiger charge is 2.39. The van der Waals surface area contributed by atoms with E-state index in [1.165, 1.54) is 16.8 Å². The molecule has 0 spiro atoms. The highest BCUT2D eigenvalue weighted by Crippen LogP contribution is 2.32. The first-order valence-corrected chi connectivity index (χ1v) is 16.1. The number of anilines is 1. The number of azide groups is 1. The SMILES string of the molecule is CC(C)OC1C[C@H](n2cc(C#CCNC(=O)COCCOC(COc3cccc(C(=O)NCCN)c3)N=[N+]=[N-])c(N)nc2=O)O[C@@H]1OC(C)C. The first kappa shape index (κ1) is 39.7. The Labute approximate surface area is 289 Å². The van der Waals surface area contributed by atoms with Crippen molar-refractivity contribution < 1.29 is 38.0 Å². The van der Waals surface area contributed by atoms with E-state index in [-0.39, 0.29) is 68.6 Å². The number of hydrogen-bond acceptors (Lipinski definition) is 13. The average Bonchev–Trinajstić information content (AvgIpc) is 3.45. The second kappa shape index (κ2) is 20.7. The number of nitrogens with zero attached hydrogens (tertiary/aromatic N) is 5. The molecule has 2 amide bonds. The van der Waals surface area contributed by atoms with Crippen LogP contribution in [0.1, 0.15) is 56.3 Å². The molecule has 18 heteroatoms. The first-order chi connectivity index (χ1) is 24.0. The van der Waals surface area contributed by atoms with E-state index in [4.69, 9.17) is 45.4 Å². The topological polar surface area (TPSA) is 249 Å². The van der Waals surface area contributed by atoms with Crippen molar-refractivity contribution in [2.45, 2.75) is 71.2 Å². The third-order valence-corrected chi connectivity index (χ3v) is 6.64. The van der Waals surface area contributed by atoms with Crippen LogP contribution in [0.4, 0.5) is 5.82 Å². The Balaban J connectivity index is 1.42. The fraction of sp³-hybridized carbons (Fsp3) is 0.562. The van der Waals surface area contributed by atoms with Crippen LogP contribution in [0.25, 0.3) is 10.4 Å². The molecule has 1 saturated heterocycles. The number of ether oxygens (including phenoxy) is 6. The number of nitrogen functional groups attached to an aromatic ring is 1. The van der Waals surface area contributed by atoms with Gasteiger partial charge in [0.05, 0.1) is 37.5 Å². The van der Waals surface area contributed by atoms with Crippen molar-refractivity contribution in [3.05, 3.63) is 62.5 Å². The van der Waals surface area contributed by atoms with Crippen LogP contribution in [0, 0.1) is 11.8 Å². The summed E-state index contributed by atoms with van der Waals surface area (Å²) in [6, 6.07) is 6.46. The van der Waals surface area contributed by atoms with Crippen molar-refractivity contribution in [3.8, 4) is 17.6 Å². The van der Waals surface area contributed by atoms with Crippen molar-refractivity contribution in [3.63, 3.8) is 0 Å². The molecule has 0 aliphatic carbocycles. The van der Waals surface area contributed by atoms with Gasteiger partial charge in [-0.3, -0.25) is 14.2 Å². The van der Waals surface area contributed by atoms with E-state index in [0.717, 1.165) is 0 Å². The molecule has 0 saturated carbocycles. The highest BCUT2D eigenvalue weighted by molar-refractivity contribution is 5.94. The van der Waals surface area contributed by atoms with Crippen LogP contribution >= 0.6 is 0 Å². The molecule has 2 unspecified atom stereocenters. The van der Waals surface area contributed by atoms with E-state index in [9.17, 15) is 14.4 Å². The van der Waals surface area contributed by atoms with Gasteiger partial charge in [-0.2, -0.15) is 4.98 Å². The Morgan fingerprint density at radius 1 is 1.20 bits per heavy atom. The fourth-order valence-electron chi connectivity index (χ4n) is 4.52. The molecule has 0 radical (unpaired) electrons. The van der Waals surface area contributed by atoms with Crippen molar-refractivity contribution in [2.75, 3.05) is 51.8 Å². The molecule has 50 heavy (non-hydrogen) atoms. The van der Waals surface area contributed by atoms with Crippen LogP contribution in [0.15, 0.2) is 40.4 Å². The predicted octanol–water partition coefficient (Wildman–Crippen LogP) is 1.19. The Hall–Kier alpha value is -4.73. The van der Waals surface area contributed by atoms with Crippen LogP contribution in [0.3, 0.4) is 0 Å². The minimum atomic E-state index is -0.983. The average molecular weight is 700 g/mol. The maximum absolute atomic E-state index is 12.7. The molecule has 1 fully saturated rings. The third-order valence-electron chi connectivity index (χ3n) is 6.64. The molecule has 6 N–H and O–H groups in total. The molecule has 2 heterocycles. The minimum Gasteiger partial charge on any atom is -0.491 e. The van der Waals surface area contributed by atoms with Crippen LogP contribution in [-0.2, 0) is 28.5 Å². The number of benzene rings is 1. The Kier molecular flexibility index (Phi) is 16.4. The minimum absolute atomic E-state index is 0.00302. The van der Waals surface area contributed by atoms with Crippen molar-refractivity contribution >= 4 is 17.6 Å². The zero-order valence-corrected chi connectivity index (χ0v) is 28.6. The van der Waals surface area contributed by atoms with Crippen LogP contribution in [0.5, 0.6) is 5.75 Å². The summed E-state index contributed by atoms with van der Waals surface area (Å²) in [6.45, 7) is 7.82. The van der Waals surface area contributed by atoms with E-state index < -0.39 is 30.3 Å². The van der Waals surface area contributed by atoms with Gasteiger partial charge in [-0.05, 0) is 51.4 Å². The second-order valence-electron chi connectivity index (χ2n) is 11.4. The summed E-state index contributed by atoms with van der Waals surface area (Å²) in [6.07, 6.45) is -1.09. The molecule has 1 aliphatic heterocycles. The molecule has 3 rings (SSSR count). The molecule has 18 nitrogen and oxygen atoms in total. The number of nitrogens with two attached hydrogens (primary N) is 2. The van der Waals surface area contributed by atoms with Gasteiger partial charge >= 0.3 is 5.69 Å². The summed E-state index contributed by atoms with van der Waals surface area (Å²) in [5, 5.41) is 8.81. The molecule has 1 aromatic carbocycles. The summed E-state index contributed by atoms with van der Waals surface area (Å²) in [5.41, 5.74) is 20.3. The Bertz CT molecular complexity index is 1570. The van der Waals surface area contributed by atoms with Crippen LogP contribution in [-0.4, -0.2) is 98.3 Å². The summed E-state index contributed by atoms with van der Waals surface area (Å²) in [4.78, 5) is 43.6. The number of nitrogens with one attached hydrogen (secondary N) is 2. The number of aromatic nitrogens is 2. The number of amides is 2. The highest BCUT2D eigenvalue weighted by atomic mass is 16.7. The lowest BCUT2D eigenvalue weighted by molar-refractivity contribution is -0.206. The molecule has 4 atom stereocenters. The number of carbonyl (C=O) groups is 2. The number of rotatable bonds is 19. The van der Waals surface area contributed by atoms with Gasteiger partial charge in [0.25, 0.3) is 5.91 Å². The largest absolute Gasteiger partial charge is 0.491 e. The summed E-state index contributed by atoms with van der Waals surface area (Å²) in [5.74, 6) is 5.19. The van der Waals surface area contributed by atoms with Gasteiger partial charge in [-0.1, -0.05) is 23.0 Å². The standard InChI is InChI=1S/C32H45N9O9/c1-20(2)48-25-16-28(50-31(25)49-21(3)4)41-17-23(29(34)38-32(41)44)8-6-11-36-26(42)18-45-13-14-46-27(39-40-35)19-47-24-9-5-7-22(15-24)30(43)37-12-10-33/h5,7,9,15,17,20-21,25,27-28,31H,10-14,16,18-19,33H2,1-4H3,(H,36,42)(H,37,43)(H2,34,38,44)/t25?,27?,28-,31+/m1/s1. The molecule has 1 aromatic heterocycles. The van der Waals surface area contributed by atoms with Gasteiger partial charge < -0.3 is 50.5 Å². The van der Waals surface area contributed by atoms with E-state index in [1.807, 2.05) is 27.7 Å². The fourth-order valence-corrected chi connectivity index (χ4v) is 4.52. The predicted molar refractivity (Wildman–Crippen MR) is 181 cm³/mol. The third kappa shape index (κ3) is 13.3. The van der Waals surface area contributed by atoms with Crippen molar-refractivity contribution in [2.24, 2.45) is 10.8 Å². The Morgan fingerprint density at radius 2 is 1.98 bits per heavy atom. The van der Waals surface area contributed by atoms with Crippen LogP contribution < -0.4 is 32.5 Å². The van der Waals surface area contributed by atoms with Gasteiger partial charge in [0.1, 0.15) is 37.1 Å². The monoisotopic (exact) mass is 699 g/mol. The van der Waals surface area contributed by atoms with Crippen LogP contribution in [0.2, 0.25) is 0 Å². The molecule has 0 bridgehead atoms. The molecular weight excluding hydrogens is 654 g/mol. The second-order valence-corrected chi connectivity index (χ2v) is 11.4. The van der Waals surface area contributed by atoms with Crippen molar-refractivity contribution in [1.29, 1.82) is 0 Å². The van der Waals surface area contributed by atoms with Gasteiger partial charge in [0.15, 0.2) is 12.5 Å². The maximum Gasteiger partial charge on any atom is 0.351 e. The lowest BCUT2D eigenvalue weighted by Gasteiger charge is -2.23. The normalized spacial score (nSPS) is 17.5. The zero-order chi connectivity index (χ0) is 36.5.